The molecule has 1 heterocycles. The van der Waals surface area contributed by atoms with Crippen LogP contribution in [-0.4, -0.2) is 50.4 Å². The molecule has 0 aliphatic carbocycles. The molecule has 1 aromatic rings. The van der Waals surface area contributed by atoms with E-state index >= 15 is 0 Å². The summed E-state index contributed by atoms with van der Waals surface area (Å²) in [5.74, 6) is -0.0401. The van der Waals surface area contributed by atoms with E-state index in [1.165, 1.54) is 6.26 Å². The van der Waals surface area contributed by atoms with Crippen molar-refractivity contribution in [2.45, 2.75) is 6.42 Å². The lowest BCUT2D eigenvalue weighted by Crippen LogP contribution is -2.35. The van der Waals surface area contributed by atoms with Gasteiger partial charge < -0.3 is 20.0 Å². The standard InChI is InChI=1S/C12H19N3O3/c1-13-7-8-15(2)11(16)5-6-14-12(17)10-4-3-9-18-10/h3-4,9,13H,5-8H2,1-2H3,(H,14,17). The summed E-state index contributed by atoms with van der Waals surface area (Å²) in [5, 5.41) is 5.60. The molecule has 0 unspecified atom stereocenters. The van der Waals surface area contributed by atoms with Crippen LogP contribution in [0.25, 0.3) is 0 Å². The number of hydrogen-bond donors (Lipinski definition) is 2. The van der Waals surface area contributed by atoms with Gasteiger partial charge in [0.25, 0.3) is 5.91 Å². The number of rotatable bonds is 7. The zero-order valence-electron chi connectivity index (χ0n) is 10.7. The number of furan rings is 1. The first-order valence-electron chi connectivity index (χ1n) is 5.85. The second-order valence-electron chi connectivity index (χ2n) is 3.90. The summed E-state index contributed by atoms with van der Waals surface area (Å²) in [7, 11) is 3.58. The molecule has 2 amide bonds. The molecule has 6 nitrogen and oxygen atoms in total. The van der Waals surface area contributed by atoms with Crippen LogP contribution in [0.1, 0.15) is 17.0 Å². The number of likely N-dealkylation sites (N-methyl/N-ethyl adjacent to an activating group) is 2. The lowest BCUT2D eigenvalue weighted by molar-refractivity contribution is -0.129. The molecule has 1 rings (SSSR count). The molecular formula is C12H19N3O3. The molecule has 0 saturated carbocycles. The van der Waals surface area contributed by atoms with Gasteiger partial charge >= 0.3 is 0 Å². The Morgan fingerprint density at radius 1 is 1.39 bits per heavy atom. The Kier molecular flexibility index (Phi) is 5.93. The average Bonchev–Trinajstić information content (AvgIpc) is 2.89. The molecule has 0 radical (unpaired) electrons. The van der Waals surface area contributed by atoms with Crippen LogP contribution in [-0.2, 0) is 4.79 Å². The summed E-state index contributed by atoms with van der Waals surface area (Å²) >= 11 is 0. The highest BCUT2D eigenvalue weighted by Gasteiger charge is 2.10. The van der Waals surface area contributed by atoms with Crippen molar-refractivity contribution in [3.63, 3.8) is 0 Å². The van der Waals surface area contributed by atoms with Gasteiger partial charge in [-0.05, 0) is 19.2 Å². The number of hydrogen-bond acceptors (Lipinski definition) is 4. The molecule has 0 spiro atoms. The minimum atomic E-state index is -0.300. The number of carbonyl (C=O) groups is 2. The van der Waals surface area contributed by atoms with Gasteiger partial charge in [0.1, 0.15) is 0 Å². The van der Waals surface area contributed by atoms with E-state index in [4.69, 9.17) is 4.42 Å². The quantitative estimate of drug-likeness (QED) is 0.721. The fraction of sp³-hybridized carbons (Fsp3) is 0.500. The molecule has 0 atom stereocenters. The van der Waals surface area contributed by atoms with Crippen LogP contribution in [0, 0.1) is 0 Å². The molecule has 0 aliphatic heterocycles. The van der Waals surface area contributed by atoms with E-state index < -0.39 is 0 Å². The summed E-state index contributed by atoms with van der Waals surface area (Å²) in [5.41, 5.74) is 0. The molecule has 0 aromatic carbocycles. The summed E-state index contributed by atoms with van der Waals surface area (Å²) in [6, 6.07) is 3.22. The Morgan fingerprint density at radius 3 is 2.78 bits per heavy atom. The maximum atomic E-state index is 11.6. The normalized spacial score (nSPS) is 10.1. The van der Waals surface area contributed by atoms with Crippen molar-refractivity contribution < 1.29 is 14.0 Å². The van der Waals surface area contributed by atoms with Gasteiger partial charge in [-0.25, -0.2) is 0 Å². The average molecular weight is 253 g/mol. The van der Waals surface area contributed by atoms with Crippen LogP contribution in [0.4, 0.5) is 0 Å². The highest BCUT2D eigenvalue weighted by Crippen LogP contribution is 1.99. The molecule has 0 fully saturated rings. The van der Waals surface area contributed by atoms with Gasteiger partial charge in [0.15, 0.2) is 5.76 Å². The van der Waals surface area contributed by atoms with Crippen LogP contribution in [0.15, 0.2) is 22.8 Å². The van der Waals surface area contributed by atoms with Crippen LogP contribution in [0.2, 0.25) is 0 Å². The summed E-state index contributed by atoms with van der Waals surface area (Å²) < 4.78 is 4.94. The van der Waals surface area contributed by atoms with Crippen LogP contribution in [0.3, 0.4) is 0 Å². The third kappa shape index (κ3) is 4.58. The van der Waals surface area contributed by atoms with Gasteiger partial charge in [0, 0.05) is 33.1 Å². The van der Waals surface area contributed by atoms with Crippen molar-refractivity contribution in [3.05, 3.63) is 24.2 Å². The van der Waals surface area contributed by atoms with Crippen LogP contribution in [0.5, 0.6) is 0 Å². The van der Waals surface area contributed by atoms with E-state index in [2.05, 4.69) is 10.6 Å². The van der Waals surface area contributed by atoms with Gasteiger partial charge in [0.05, 0.1) is 6.26 Å². The maximum absolute atomic E-state index is 11.6. The number of nitrogens with one attached hydrogen (secondary N) is 2. The zero-order chi connectivity index (χ0) is 13.4. The number of amides is 2. The first-order valence-corrected chi connectivity index (χ1v) is 5.85. The third-order valence-corrected chi connectivity index (χ3v) is 2.49. The number of nitrogens with zero attached hydrogens (tertiary/aromatic N) is 1. The van der Waals surface area contributed by atoms with Gasteiger partial charge in [-0.2, -0.15) is 0 Å². The molecular weight excluding hydrogens is 234 g/mol. The fourth-order valence-electron chi connectivity index (χ4n) is 1.37. The van der Waals surface area contributed by atoms with Gasteiger partial charge in [-0.1, -0.05) is 0 Å². The van der Waals surface area contributed by atoms with Crippen molar-refractivity contribution in [2.75, 3.05) is 33.7 Å². The first kappa shape index (κ1) is 14.2. The Balaban J connectivity index is 2.21. The summed E-state index contributed by atoms with van der Waals surface area (Å²) in [6.07, 6.45) is 1.72. The predicted octanol–water partition coefficient (Wildman–Crippen LogP) is 0.0773. The van der Waals surface area contributed by atoms with E-state index in [9.17, 15) is 9.59 Å². The van der Waals surface area contributed by atoms with E-state index in [0.717, 1.165) is 6.54 Å². The van der Waals surface area contributed by atoms with Gasteiger partial charge in [-0.3, -0.25) is 9.59 Å². The molecule has 0 aliphatic rings. The number of carbonyl (C=O) groups excluding carboxylic acids is 2. The Bertz CT molecular complexity index is 376. The molecule has 18 heavy (non-hydrogen) atoms. The molecule has 0 saturated heterocycles. The van der Waals surface area contributed by atoms with Crippen molar-refractivity contribution in [1.82, 2.24) is 15.5 Å². The Labute approximate surface area is 106 Å². The second kappa shape index (κ2) is 7.50. The lowest BCUT2D eigenvalue weighted by atomic mass is 10.3. The van der Waals surface area contributed by atoms with Crippen molar-refractivity contribution >= 4 is 11.8 Å². The smallest absolute Gasteiger partial charge is 0.286 e. The molecule has 1 aromatic heterocycles. The van der Waals surface area contributed by atoms with Crippen molar-refractivity contribution in [3.8, 4) is 0 Å². The highest BCUT2D eigenvalue weighted by atomic mass is 16.3. The largest absolute Gasteiger partial charge is 0.459 e. The molecule has 6 heteroatoms. The minimum Gasteiger partial charge on any atom is -0.459 e. The summed E-state index contributed by atoms with van der Waals surface area (Å²) in [4.78, 5) is 24.8. The van der Waals surface area contributed by atoms with E-state index in [-0.39, 0.29) is 24.0 Å². The van der Waals surface area contributed by atoms with Crippen molar-refractivity contribution in [2.24, 2.45) is 0 Å². The fourth-order valence-corrected chi connectivity index (χ4v) is 1.37. The van der Waals surface area contributed by atoms with Crippen LogP contribution < -0.4 is 10.6 Å². The van der Waals surface area contributed by atoms with E-state index in [1.807, 2.05) is 7.05 Å². The van der Waals surface area contributed by atoms with E-state index in [1.54, 1.807) is 24.1 Å². The molecule has 0 bridgehead atoms. The van der Waals surface area contributed by atoms with Gasteiger partial charge in [-0.15, -0.1) is 0 Å². The van der Waals surface area contributed by atoms with E-state index in [0.29, 0.717) is 13.1 Å². The second-order valence-corrected chi connectivity index (χ2v) is 3.90. The monoisotopic (exact) mass is 253 g/mol. The lowest BCUT2D eigenvalue weighted by Gasteiger charge is -2.16. The van der Waals surface area contributed by atoms with Crippen LogP contribution >= 0.6 is 0 Å². The SMILES string of the molecule is CNCCN(C)C(=O)CCNC(=O)c1ccco1. The Hall–Kier alpha value is -1.82. The topological polar surface area (TPSA) is 74.6 Å². The minimum absolute atomic E-state index is 0.00462. The Morgan fingerprint density at radius 2 is 2.17 bits per heavy atom. The summed E-state index contributed by atoms with van der Waals surface area (Å²) in [6.45, 7) is 1.71. The highest BCUT2D eigenvalue weighted by molar-refractivity contribution is 5.91. The van der Waals surface area contributed by atoms with Crippen molar-refractivity contribution in [1.29, 1.82) is 0 Å². The predicted molar refractivity (Wildman–Crippen MR) is 67.2 cm³/mol. The first-order chi connectivity index (χ1) is 8.65. The molecule has 2 N–H and O–H groups in total. The zero-order valence-corrected chi connectivity index (χ0v) is 10.7. The van der Waals surface area contributed by atoms with Gasteiger partial charge in [0.2, 0.25) is 5.91 Å². The maximum Gasteiger partial charge on any atom is 0.286 e. The third-order valence-electron chi connectivity index (χ3n) is 2.49. The molecule has 100 valence electrons.